The normalized spacial score (nSPS) is 22.4. The summed E-state index contributed by atoms with van der Waals surface area (Å²) >= 11 is 1.91. The number of carbonyl (C=O) groups is 1. The molecule has 6 heteroatoms. The van der Waals surface area contributed by atoms with E-state index in [0.717, 1.165) is 48.7 Å². The van der Waals surface area contributed by atoms with Crippen LogP contribution in [0.15, 0.2) is 10.9 Å². The SMILES string of the molecule is Cn1nc2c(cc1=O)CC(C(=O)N1CCSCC1)CC2. The minimum Gasteiger partial charge on any atom is -0.341 e. The topological polar surface area (TPSA) is 55.2 Å². The summed E-state index contributed by atoms with van der Waals surface area (Å²) in [6, 6.07) is 1.65. The molecule has 0 bridgehead atoms. The quantitative estimate of drug-likeness (QED) is 0.755. The van der Waals surface area contributed by atoms with Crippen LogP contribution in [0, 0.1) is 5.92 Å². The molecule has 20 heavy (non-hydrogen) atoms. The molecular weight excluding hydrogens is 274 g/mol. The highest BCUT2D eigenvalue weighted by Gasteiger charge is 2.30. The van der Waals surface area contributed by atoms with Crippen molar-refractivity contribution in [2.45, 2.75) is 19.3 Å². The number of hydrogen-bond acceptors (Lipinski definition) is 4. The van der Waals surface area contributed by atoms with Gasteiger partial charge in [0.15, 0.2) is 0 Å². The van der Waals surface area contributed by atoms with Crippen LogP contribution in [-0.2, 0) is 24.7 Å². The maximum Gasteiger partial charge on any atom is 0.266 e. The van der Waals surface area contributed by atoms with Crippen LogP contribution >= 0.6 is 11.8 Å². The summed E-state index contributed by atoms with van der Waals surface area (Å²) in [5.74, 6) is 2.37. The van der Waals surface area contributed by atoms with Gasteiger partial charge in [0.05, 0.1) is 5.69 Å². The molecule has 1 aromatic heterocycles. The van der Waals surface area contributed by atoms with Crippen molar-refractivity contribution in [2.75, 3.05) is 24.6 Å². The summed E-state index contributed by atoms with van der Waals surface area (Å²) in [5, 5.41) is 4.30. The van der Waals surface area contributed by atoms with Crippen molar-refractivity contribution < 1.29 is 4.79 Å². The summed E-state index contributed by atoms with van der Waals surface area (Å²) < 4.78 is 1.38. The second kappa shape index (κ2) is 5.60. The standard InChI is InChI=1S/C14H19N3O2S/c1-16-13(18)9-11-8-10(2-3-12(11)15-16)14(19)17-4-6-20-7-5-17/h9-10H,2-8H2,1H3. The van der Waals surface area contributed by atoms with Crippen LogP contribution in [-0.4, -0.2) is 45.2 Å². The van der Waals surface area contributed by atoms with Crippen LogP contribution in [0.25, 0.3) is 0 Å². The molecule has 1 aliphatic carbocycles. The average Bonchev–Trinajstić information content (AvgIpc) is 2.48. The molecule has 1 aromatic rings. The number of aryl methyl sites for hydroxylation is 2. The number of carbonyl (C=O) groups excluding carboxylic acids is 1. The number of thioether (sulfide) groups is 1. The van der Waals surface area contributed by atoms with E-state index >= 15 is 0 Å². The fourth-order valence-corrected chi connectivity index (χ4v) is 3.84. The van der Waals surface area contributed by atoms with Crippen molar-refractivity contribution in [3.8, 4) is 0 Å². The van der Waals surface area contributed by atoms with Gasteiger partial charge in [0.25, 0.3) is 5.56 Å². The van der Waals surface area contributed by atoms with Gasteiger partial charge in [-0.1, -0.05) is 0 Å². The Morgan fingerprint density at radius 2 is 2.15 bits per heavy atom. The van der Waals surface area contributed by atoms with Gasteiger partial charge in [0.2, 0.25) is 5.91 Å². The zero-order chi connectivity index (χ0) is 14.1. The van der Waals surface area contributed by atoms with Crippen LogP contribution in [0.3, 0.4) is 0 Å². The molecule has 1 aliphatic heterocycles. The monoisotopic (exact) mass is 293 g/mol. The Balaban J connectivity index is 1.76. The van der Waals surface area contributed by atoms with E-state index < -0.39 is 0 Å². The predicted molar refractivity (Wildman–Crippen MR) is 78.9 cm³/mol. The number of amides is 1. The first-order valence-corrected chi connectivity index (χ1v) is 8.23. The molecule has 1 amide bonds. The highest BCUT2D eigenvalue weighted by atomic mass is 32.2. The lowest BCUT2D eigenvalue weighted by Gasteiger charge is -2.32. The summed E-state index contributed by atoms with van der Waals surface area (Å²) in [7, 11) is 1.67. The van der Waals surface area contributed by atoms with Gasteiger partial charge in [-0.3, -0.25) is 9.59 Å². The summed E-state index contributed by atoms with van der Waals surface area (Å²) in [6.07, 6.45) is 2.31. The third-order valence-electron chi connectivity index (χ3n) is 4.13. The fourth-order valence-electron chi connectivity index (χ4n) is 2.94. The van der Waals surface area contributed by atoms with E-state index in [1.165, 1.54) is 4.68 Å². The Morgan fingerprint density at radius 1 is 1.40 bits per heavy atom. The Morgan fingerprint density at radius 3 is 2.90 bits per heavy atom. The van der Waals surface area contributed by atoms with Gasteiger partial charge < -0.3 is 4.90 Å². The third kappa shape index (κ3) is 2.61. The Bertz CT molecular complexity index is 578. The molecule has 2 aliphatic rings. The van der Waals surface area contributed by atoms with E-state index in [2.05, 4.69) is 5.10 Å². The molecular formula is C14H19N3O2S. The molecule has 0 radical (unpaired) electrons. The largest absolute Gasteiger partial charge is 0.341 e. The van der Waals surface area contributed by atoms with Gasteiger partial charge in [0.1, 0.15) is 0 Å². The number of nitrogens with zero attached hydrogens (tertiary/aromatic N) is 3. The molecule has 5 nitrogen and oxygen atoms in total. The Hall–Kier alpha value is -1.30. The minimum atomic E-state index is -0.0915. The van der Waals surface area contributed by atoms with Gasteiger partial charge in [-0.05, 0) is 24.8 Å². The van der Waals surface area contributed by atoms with Gasteiger partial charge in [-0.2, -0.15) is 16.9 Å². The van der Waals surface area contributed by atoms with E-state index in [9.17, 15) is 9.59 Å². The molecule has 0 saturated carbocycles. The molecule has 0 N–H and O–H groups in total. The van der Waals surface area contributed by atoms with Gasteiger partial charge in [-0.25, -0.2) is 4.68 Å². The number of rotatable bonds is 1. The minimum absolute atomic E-state index is 0.0273. The number of aromatic nitrogens is 2. The zero-order valence-corrected chi connectivity index (χ0v) is 12.5. The second-order valence-electron chi connectivity index (χ2n) is 5.46. The average molecular weight is 293 g/mol. The van der Waals surface area contributed by atoms with E-state index in [1.807, 2.05) is 16.7 Å². The zero-order valence-electron chi connectivity index (χ0n) is 11.7. The molecule has 1 saturated heterocycles. The van der Waals surface area contributed by atoms with Crippen LogP contribution in [0.4, 0.5) is 0 Å². The molecule has 2 heterocycles. The molecule has 3 rings (SSSR count). The van der Waals surface area contributed by atoms with Crippen molar-refractivity contribution in [3.05, 3.63) is 27.7 Å². The van der Waals surface area contributed by atoms with Crippen molar-refractivity contribution in [1.82, 2.24) is 14.7 Å². The highest BCUT2D eigenvalue weighted by Crippen LogP contribution is 2.25. The predicted octanol–water partition coefficient (Wildman–Crippen LogP) is 0.461. The molecule has 0 spiro atoms. The number of fused-ring (bicyclic) bond motifs is 1. The van der Waals surface area contributed by atoms with Crippen LogP contribution in [0.2, 0.25) is 0 Å². The summed E-state index contributed by atoms with van der Waals surface area (Å²) in [4.78, 5) is 26.2. The van der Waals surface area contributed by atoms with E-state index in [-0.39, 0.29) is 17.4 Å². The first-order chi connectivity index (χ1) is 9.65. The molecule has 1 unspecified atom stereocenters. The van der Waals surface area contributed by atoms with Crippen molar-refractivity contribution in [2.24, 2.45) is 13.0 Å². The van der Waals surface area contributed by atoms with Crippen molar-refractivity contribution in [3.63, 3.8) is 0 Å². The van der Waals surface area contributed by atoms with Crippen molar-refractivity contribution in [1.29, 1.82) is 0 Å². The van der Waals surface area contributed by atoms with Gasteiger partial charge in [0, 0.05) is 43.6 Å². The summed E-state index contributed by atoms with van der Waals surface area (Å²) in [6.45, 7) is 1.73. The van der Waals surface area contributed by atoms with E-state index in [4.69, 9.17) is 0 Å². The fraction of sp³-hybridized carbons (Fsp3) is 0.643. The maximum absolute atomic E-state index is 12.5. The van der Waals surface area contributed by atoms with Crippen LogP contribution in [0.5, 0.6) is 0 Å². The third-order valence-corrected chi connectivity index (χ3v) is 5.07. The van der Waals surface area contributed by atoms with Crippen LogP contribution < -0.4 is 5.56 Å². The number of hydrogen-bond donors (Lipinski definition) is 0. The lowest BCUT2D eigenvalue weighted by Crippen LogP contribution is -2.43. The van der Waals surface area contributed by atoms with Crippen LogP contribution in [0.1, 0.15) is 17.7 Å². The van der Waals surface area contributed by atoms with E-state index in [0.29, 0.717) is 6.42 Å². The van der Waals surface area contributed by atoms with Gasteiger partial charge in [-0.15, -0.1) is 0 Å². The molecule has 108 valence electrons. The second-order valence-corrected chi connectivity index (χ2v) is 6.68. The lowest BCUT2D eigenvalue weighted by molar-refractivity contribution is -0.135. The van der Waals surface area contributed by atoms with E-state index in [1.54, 1.807) is 13.1 Å². The smallest absolute Gasteiger partial charge is 0.266 e. The Kier molecular flexibility index (Phi) is 3.83. The maximum atomic E-state index is 12.5. The lowest BCUT2D eigenvalue weighted by atomic mass is 9.86. The highest BCUT2D eigenvalue weighted by molar-refractivity contribution is 7.99. The van der Waals surface area contributed by atoms with Crippen molar-refractivity contribution >= 4 is 17.7 Å². The molecule has 1 fully saturated rings. The van der Waals surface area contributed by atoms with Gasteiger partial charge >= 0.3 is 0 Å². The summed E-state index contributed by atoms with van der Waals surface area (Å²) in [5.41, 5.74) is 1.85. The first kappa shape index (κ1) is 13.7. The Labute approximate surface area is 122 Å². The first-order valence-electron chi connectivity index (χ1n) is 7.08. The molecule has 1 atom stereocenters. The molecule has 0 aromatic carbocycles.